The van der Waals surface area contributed by atoms with E-state index in [4.69, 9.17) is 0 Å². The summed E-state index contributed by atoms with van der Waals surface area (Å²) >= 11 is 0. The number of hydrogen-bond donors (Lipinski definition) is 0. The van der Waals surface area contributed by atoms with E-state index in [1.807, 2.05) is 0 Å². The highest BCUT2D eigenvalue weighted by atomic mass is 19.4. The van der Waals surface area contributed by atoms with Crippen LogP contribution in [0.1, 0.15) is 32.3 Å². The van der Waals surface area contributed by atoms with Crippen LogP contribution in [0.25, 0.3) is 0 Å². The molecule has 18 heavy (non-hydrogen) atoms. The Morgan fingerprint density at radius 1 is 1.17 bits per heavy atom. The lowest BCUT2D eigenvalue weighted by molar-refractivity contribution is -0.313. The van der Waals surface area contributed by atoms with Gasteiger partial charge in [-0.25, -0.2) is 4.39 Å². The molecule has 0 radical (unpaired) electrons. The Labute approximate surface area is 104 Å². The largest absolute Gasteiger partial charge is 0.421 e. The van der Waals surface area contributed by atoms with E-state index in [2.05, 4.69) is 4.74 Å². The molecule has 102 valence electrons. The van der Waals surface area contributed by atoms with Crippen LogP contribution in [-0.4, -0.2) is 12.5 Å². The zero-order valence-electron chi connectivity index (χ0n) is 10.3. The Morgan fingerprint density at radius 3 is 2.11 bits per heavy atom. The van der Waals surface area contributed by atoms with Crippen LogP contribution in [-0.2, 0) is 10.3 Å². The molecule has 0 N–H and O–H groups in total. The van der Waals surface area contributed by atoms with Crippen LogP contribution in [0.15, 0.2) is 30.3 Å². The molecule has 0 amide bonds. The van der Waals surface area contributed by atoms with Gasteiger partial charge in [0.15, 0.2) is 12.0 Å². The summed E-state index contributed by atoms with van der Waals surface area (Å²) in [5.41, 5.74) is -2.64. The van der Waals surface area contributed by atoms with E-state index in [0.717, 1.165) is 6.92 Å². The smallest absolute Gasteiger partial charge is 0.327 e. The first kappa shape index (κ1) is 15.0. The second kappa shape index (κ2) is 5.69. The molecule has 0 saturated carbocycles. The summed E-state index contributed by atoms with van der Waals surface area (Å²) in [5.74, 6) is 0. The molecule has 0 saturated heterocycles. The van der Waals surface area contributed by atoms with Gasteiger partial charge in [-0.05, 0) is 18.9 Å². The van der Waals surface area contributed by atoms with Gasteiger partial charge in [-0.1, -0.05) is 43.7 Å². The number of rotatable bonds is 5. The van der Waals surface area contributed by atoms with Crippen molar-refractivity contribution in [3.05, 3.63) is 35.9 Å². The van der Waals surface area contributed by atoms with Gasteiger partial charge in [-0.3, -0.25) is 0 Å². The van der Waals surface area contributed by atoms with Crippen LogP contribution in [0, 0.1) is 0 Å². The summed E-state index contributed by atoms with van der Waals surface area (Å²) in [4.78, 5) is 0. The number of hydrogen-bond acceptors (Lipinski definition) is 1. The van der Waals surface area contributed by atoms with Crippen molar-refractivity contribution >= 4 is 0 Å². The van der Waals surface area contributed by atoms with Gasteiger partial charge in [0, 0.05) is 0 Å². The van der Waals surface area contributed by atoms with Gasteiger partial charge in [-0.15, -0.1) is 0 Å². The molecule has 0 fully saturated rings. The van der Waals surface area contributed by atoms with Crippen LogP contribution in [0.4, 0.5) is 17.6 Å². The fourth-order valence-corrected chi connectivity index (χ4v) is 1.98. The molecule has 0 aliphatic heterocycles. The molecule has 0 heterocycles. The van der Waals surface area contributed by atoms with Gasteiger partial charge in [0.05, 0.1) is 0 Å². The first-order valence-corrected chi connectivity index (χ1v) is 5.77. The maximum atomic E-state index is 13.3. The molecule has 0 aliphatic rings. The Bertz CT molecular complexity index is 361. The van der Waals surface area contributed by atoms with Crippen molar-refractivity contribution in [2.24, 2.45) is 0 Å². The van der Waals surface area contributed by atoms with Gasteiger partial charge < -0.3 is 4.74 Å². The minimum Gasteiger partial charge on any atom is -0.327 e. The van der Waals surface area contributed by atoms with E-state index in [1.54, 1.807) is 13.0 Å². The predicted octanol–water partition coefficient (Wildman–Crippen LogP) is 4.58. The van der Waals surface area contributed by atoms with E-state index < -0.39 is 18.1 Å². The van der Waals surface area contributed by atoms with Crippen LogP contribution in [0.2, 0.25) is 0 Å². The lowest BCUT2D eigenvalue weighted by Crippen LogP contribution is -2.46. The third kappa shape index (κ3) is 3.02. The summed E-state index contributed by atoms with van der Waals surface area (Å²) in [6.07, 6.45) is -6.72. The first-order valence-electron chi connectivity index (χ1n) is 5.77. The maximum Gasteiger partial charge on any atom is 0.421 e. The summed E-state index contributed by atoms with van der Waals surface area (Å²) in [5, 5.41) is 0. The van der Waals surface area contributed by atoms with E-state index in [1.165, 1.54) is 24.3 Å². The van der Waals surface area contributed by atoms with Gasteiger partial charge in [0.2, 0.25) is 0 Å². The van der Waals surface area contributed by atoms with Crippen molar-refractivity contribution in [3.63, 3.8) is 0 Å². The molecule has 1 aromatic carbocycles. The molecule has 2 unspecified atom stereocenters. The maximum absolute atomic E-state index is 13.3. The molecule has 0 bridgehead atoms. The second-order valence-electron chi connectivity index (χ2n) is 4.10. The van der Waals surface area contributed by atoms with E-state index >= 15 is 0 Å². The minimum atomic E-state index is -4.66. The van der Waals surface area contributed by atoms with Gasteiger partial charge in [-0.2, -0.15) is 13.2 Å². The Kier molecular flexibility index (Phi) is 4.73. The number of ether oxygens (including phenoxy) is 1. The highest BCUT2D eigenvalue weighted by molar-refractivity contribution is 5.24. The average molecular weight is 264 g/mol. The van der Waals surface area contributed by atoms with E-state index in [0.29, 0.717) is 0 Å². The van der Waals surface area contributed by atoms with Crippen molar-refractivity contribution in [2.75, 3.05) is 0 Å². The van der Waals surface area contributed by atoms with E-state index in [-0.39, 0.29) is 18.4 Å². The monoisotopic (exact) mass is 264 g/mol. The van der Waals surface area contributed by atoms with Crippen molar-refractivity contribution in [1.82, 2.24) is 0 Å². The van der Waals surface area contributed by atoms with Crippen molar-refractivity contribution in [2.45, 2.75) is 44.8 Å². The second-order valence-corrected chi connectivity index (χ2v) is 4.10. The first-order chi connectivity index (χ1) is 8.33. The van der Waals surface area contributed by atoms with Gasteiger partial charge in [0.1, 0.15) is 0 Å². The van der Waals surface area contributed by atoms with Crippen molar-refractivity contribution < 1.29 is 22.3 Å². The summed E-state index contributed by atoms with van der Waals surface area (Å²) in [6.45, 7) is 2.56. The molecule has 1 aromatic rings. The topological polar surface area (TPSA) is 9.23 Å². The van der Waals surface area contributed by atoms with Crippen LogP contribution in [0.5, 0.6) is 0 Å². The lowest BCUT2D eigenvalue weighted by atomic mass is 9.88. The SMILES string of the molecule is CCCC(OC(C)F)(c1ccccc1)C(F)(F)F. The number of alkyl halides is 4. The molecule has 0 aliphatic carbocycles. The quantitative estimate of drug-likeness (QED) is 0.707. The van der Waals surface area contributed by atoms with Gasteiger partial charge >= 0.3 is 6.18 Å². The lowest BCUT2D eigenvalue weighted by Gasteiger charge is -2.36. The molecular formula is C13H16F4O. The standard InChI is InChI=1S/C13H16F4O/c1-3-9-12(13(15,16)17,18-10(2)14)11-7-5-4-6-8-11/h4-8,10H,3,9H2,1-2H3. The van der Waals surface area contributed by atoms with Gasteiger partial charge in [0.25, 0.3) is 0 Å². The van der Waals surface area contributed by atoms with Crippen LogP contribution >= 0.6 is 0 Å². The molecule has 0 aromatic heterocycles. The highest BCUT2D eigenvalue weighted by Crippen LogP contribution is 2.46. The predicted molar refractivity (Wildman–Crippen MR) is 60.7 cm³/mol. The highest BCUT2D eigenvalue weighted by Gasteiger charge is 2.57. The normalized spacial score (nSPS) is 17.2. The Morgan fingerprint density at radius 2 is 1.72 bits per heavy atom. The molecule has 1 nitrogen and oxygen atoms in total. The molecule has 1 rings (SSSR count). The van der Waals surface area contributed by atoms with Crippen molar-refractivity contribution in [3.8, 4) is 0 Å². The Balaban J connectivity index is 3.29. The Hall–Kier alpha value is -1.10. The fourth-order valence-electron chi connectivity index (χ4n) is 1.98. The molecule has 5 heteroatoms. The summed E-state index contributed by atoms with van der Waals surface area (Å²) in [6, 6.07) is 7.20. The zero-order valence-corrected chi connectivity index (χ0v) is 10.3. The minimum absolute atomic E-state index is 0.0659. The van der Waals surface area contributed by atoms with Crippen molar-refractivity contribution in [1.29, 1.82) is 0 Å². The number of halogens is 4. The zero-order chi connectivity index (χ0) is 13.8. The summed E-state index contributed by atoms with van der Waals surface area (Å²) < 4.78 is 57.6. The third-order valence-corrected chi connectivity index (χ3v) is 2.66. The molecule has 2 atom stereocenters. The average Bonchev–Trinajstić information content (AvgIpc) is 2.27. The van der Waals surface area contributed by atoms with Crippen LogP contribution < -0.4 is 0 Å². The molecule has 0 spiro atoms. The van der Waals surface area contributed by atoms with Crippen LogP contribution in [0.3, 0.4) is 0 Å². The third-order valence-electron chi connectivity index (χ3n) is 2.66. The number of benzene rings is 1. The van der Waals surface area contributed by atoms with E-state index in [9.17, 15) is 17.6 Å². The molecular weight excluding hydrogens is 248 g/mol. The fraction of sp³-hybridized carbons (Fsp3) is 0.538. The summed E-state index contributed by atoms with van der Waals surface area (Å²) in [7, 11) is 0.